The van der Waals surface area contributed by atoms with Gasteiger partial charge in [-0.15, -0.1) is 10.2 Å². The zero-order valence-electron chi connectivity index (χ0n) is 51.4. The molecule has 30 nitrogen and oxygen atoms in total. The fourth-order valence-electron chi connectivity index (χ4n) is 12.1. The van der Waals surface area contributed by atoms with E-state index >= 15 is 0 Å². The fraction of sp³-hybridized carbons (Fsp3) is 0.452. The molecule has 0 bridgehead atoms. The van der Waals surface area contributed by atoms with E-state index in [9.17, 15) is 69.3 Å². The van der Waals surface area contributed by atoms with Gasteiger partial charge in [0, 0.05) is 92.4 Å². The van der Waals surface area contributed by atoms with E-state index in [0.717, 1.165) is 71.6 Å². The summed E-state index contributed by atoms with van der Waals surface area (Å²) in [5.74, 6) is -9.67. The molecule has 7 amide bonds. The predicted octanol–water partition coefficient (Wildman–Crippen LogP) is 0.604. The average molecular weight is 1370 g/mol. The minimum atomic E-state index is -2.16. The lowest BCUT2D eigenvalue weighted by Crippen LogP contribution is -2.64. The number of fused-ring (bicyclic) bond motifs is 2. The molecular weight excluding hydrogens is 1300 g/mol. The summed E-state index contributed by atoms with van der Waals surface area (Å²) in [4.78, 5) is 108. The predicted molar refractivity (Wildman–Crippen MR) is 340 cm³/mol. The number of hydrogen-bond donors (Lipinski definition) is 13. The summed E-state index contributed by atoms with van der Waals surface area (Å²) in [7, 11) is 1.73. The quantitative estimate of drug-likeness (QED) is 0.0199. The van der Waals surface area contributed by atoms with Gasteiger partial charge in [-0.2, -0.15) is 0 Å². The van der Waals surface area contributed by atoms with Crippen molar-refractivity contribution in [2.24, 2.45) is 5.92 Å². The second-order valence-corrected chi connectivity index (χ2v) is 25.5. The summed E-state index contributed by atoms with van der Waals surface area (Å²) in [6.07, 6.45) is -10.8. The number of piperidine rings is 1. The molecule has 33 heteroatoms. The van der Waals surface area contributed by atoms with Crippen LogP contribution in [0.15, 0.2) is 91.0 Å². The number of carbonyl (C=O) groups excluding carboxylic acids is 7. The number of nitrogens with one attached hydrogen (secondary N) is 5. The molecule has 1 aromatic heterocycles. The normalized spacial score (nSPS) is 25.7. The third-order valence-corrected chi connectivity index (χ3v) is 18.9. The maximum Gasteiger partial charge on any atom is 0.261 e. The zero-order valence-corrected chi connectivity index (χ0v) is 53.8. The molecule has 95 heavy (non-hydrogen) atoms. The molecule has 4 aromatic carbocycles. The number of carbonyl (C=O) groups is 7. The Labute approximate surface area is 557 Å². The molecule has 9 rings (SSSR count). The lowest BCUT2D eigenvalue weighted by atomic mass is 9.84. The topological polar surface area (TPSA) is 418 Å². The Morgan fingerprint density at radius 2 is 1.43 bits per heavy atom. The van der Waals surface area contributed by atoms with Crippen molar-refractivity contribution in [1.82, 2.24) is 46.6 Å². The number of phenols is 1. The van der Waals surface area contributed by atoms with Crippen molar-refractivity contribution in [1.29, 1.82) is 0 Å². The largest absolute Gasteiger partial charge is 0.504 e. The molecule has 13 N–H and O–H groups in total. The van der Waals surface area contributed by atoms with Crippen LogP contribution >= 0.6 is 35.3 Å². The minimum absolute atomic E-state index is 0.00911. The molecule has 0 radical (unpaired) electrons. The third-order valence-electron chi connectivity index (χ3n) is 17.3. The van der Waals surface area contributed by atoms with Crippen molar-refractivity contribution in [2.45, 2.75) is 124 Å². The van der Waals surface area contributed by atoms with E-state index in [4.69, 9.17) is 32.4 Å². The van der Waals surface area contributed by atoms with Gasteiger partial charge in [0.1, 0.15) is 46.3 Å². The lowest BCUT2D eigenvalue weighted by molar-refractivity contribution is -0.433. The number of hydrogen-bond acceptors (Lipinski definition) is 24. The van der Waals surface area contributed by atoms with E-state index in [1.807, 2.05) is 48.5 Å². The van der Waals surface area contributed by atoms with Crippen LogP contribution in [0.3, 0.4) is 0 Å². The van der Waals surface area contributed by atoms with Crippen LogP contribution in [-0.4, -0.2) is 222 Å². The number of nitrogens with zero attached hydrogens (tertiary/aromatic N) is 6. The number of aromatic hydroxyl groups is 1. The van der Waals surface area contributed by atoms with Gasteiger partial charge in [-0.25, -0.2) is 11.8 Å². The highest BCUT2D eigenvalue weighted by atomic mass is 35.5. The van der Waals surface area contributed by atoms with Crippen LogP contribution in [0.2, 0.25) is 5.02 Å². The smallest absolute Gasteiger partial charge is 0.261 e. The number of aromatic nitrogens is 2. The number of rotatable bonds is 17. The molecule has 7 unspecified atom stereocenters. The maximum absolute atomic E-state index is 14.7. The number of halogens is 1. The van der Waals surface area contributed by atoms with Crippen molar-refractivity contribution < 1.29 is 92.9 Å². The average Bonchev–Trinajstić information content (AvgIpc) is 1.79. The summed E-state index contributed by atoms with van der Waals surface area (Å²) in [5, 5.41) is 113. The number of phenolic OH excluding ortho intramolecular Hbond substituents is 1. The first-order valence-corrected chi connectivity index (χ1v) is 32.0. The lowest BCUT2D eigenvalue weighted by Gasteiger charge is -2.42. The summed E-state index contributed by atoms with van der Waals surface area (Å²) < 4.78 is 15.4. The Balaban J connectivity index is 0.952. The van der Waals surface area contributed by atoms with E-state index in [1.54, 1.807) is 19.2 Å². The first-order chi connectivity index (χ1) is 45.4. The van der Waals surface area contributed by atoms with Gasteiger partial charge in [-0.3, -0.25) is 33.6 Å². The van der Waals surface area contributed by atoms with Crippen molar-refractivity contribution in [3.05, 3.63) is 124 Å². The fourth-order valence-corrected chi connectivity index (χ4v) is 13.3. The molecular formula is C62H72ClN11O19S2. The second-order valence-electron chi connectivity index (χ2n) is 23.7. The number of aliphatic hydroxyl groups is 6. The molecule has 4 saturated heterocycles. The van der Waals surface area contributed by atoms with Crippen molar-refractivity contribution >= 4 is 82.3 Å². The molecule has 0 spiro atoms. The number of methoxy groups -OCH3 is 1. The summed E-state index contributed by atoms with van der Waals surface area (Å²) >= 11 is 7.53. The SMILES string of the molecule is [C-]#[N+]C[C@@H](O)[C@@H]1NC(=O)C([C@H](O)Cc2ccc(O)c(OSOOO)c2)NC(=O)C2CC(O)CN2C(=O)C(C(C)O)NC(=O)[C@@H](NC(=O)c2ccc(-c3nnc(-c4ccc(N5CCC(OC)(c6ccc(Cl)cc6)CC5)cc4)s3)cc2)C[C@H](O)CNC(=O)C2[C@@H](O)C(C)CN2C1=O. The minimum Gasteiger partial charge on any atom is -0.504 e. The van der Waals surface area contributed by atoms with E-state index in [1.165, 1.54) is 36.5 Å². The van der Waals surface area contributed by atoms with Gasteiger partial charge in [0.25, 0.3) is 18.2 Å². The molecule has 0 aliphatic carbocycles. The van der Waals surface area contributed by atoms with Crippen LogP contribution in [0.25, 0.3) is 26.0 Å². The second kappa shape index (κ2) is 31.6. The first kappa shape index (κ1) is 71.2. The maximum atomic E-state index is 14.7. The highest BCUT2D eigenvalue weighted by Gasteiger charge is 2.50. The number of anilines is 1. The highest BCUT2D eigenvalue weighted by Crippen LogP contribution is 2.39. The van der Waals surface area contributed by atoms with Crippen LogP contribution in [0, 0.1) is 12.5 Å². The molecule has 508 valence electrons. The first-order valence-electron chi connectivity index (χ1n) is 30.2. The Morgan fingerprint density at radius 1 is 0.800 bits per heavy atom. The Kier molecular flexibility index (Phi) is 23.7. The van der Waals surface area contributed by atoms with E-state index in [0.29, 0.717) is 20.6 Å². The molecule has 4 aliphatic rings. The number of amides is 7. The van der Waals surface area contributed by atoms with Crippen LogP contribution in [0.5, 0.6) is 11.5 Å². The molecule has 4 fully saturated rings. The van der Waals surface area contributed by atoms with Crippen molar-refractivity contribution in [2.75, 3.05) is 51.3 Å². The summed E-state index contributed by atoms with van der Waals surface area (Å²) in [6, 6.07) is 13.9. The van der Waals surface area contributed by atoms with Gasteiger partial charge >= 0.3 is 0 Å². The van der Waals surface area contributed by atoms with Gasteiger partial charge in [0.2, 0.25) is 42.0 Å². The third kappa shape index (κ3) is 16.8. The molecule has 4 aliphatic heterocycles. The van der Waals surface area contributed by atoms with Crippen LogP contribution < -0.4 is 35.7 Å². The molecule has 5 aromatic rings. The Bertz CT molecular complexity index is 3600. The Hall–Kier alpha value is -8.14. The zero-order chi connectivity index (χ0) is 68.4. The standard InChI is InChI=1S/C62H72ClN11O19S2/c1-31-29-74-51(52(31)81)57(86)65-27-40(76)25-42(66-53(82)34-6-8-35(9-7-34)58-70-71-59(94-58)36-10-16-39(17-11-36)72-21-19-62(90-4,20-22-72)37-12-14-38(63)15-13-37)54(83)67-48(32(2)75)60(87)73-30-41(77)26-43(73)55(84)68-49(56(85)69-50(61(74)88)46(80)28-64-3)45(79)23-33-5-18-44(78)47(24-33)91-95-93-92-89/h5-18,24,31-32,40-43,45-46,48-52,75-81,89H,19-23,25-30H2,1-2,4H3,(H,65,86)(H,66,82)(H,67,83)(H,68,84)(H,69,85)/t31?,32?,40-,41?,42-,43?,45+,46+,48?,49?,50-,51?,52-/m0/s1. The number of β-amino-alcohol motifs (C(OH)–C–C–N with tert-alkyl or cyclic N) is 1. The van der Waals surface area contributed by atoms with Gasteiger partial charge in [0.15, 0.2) is 17.6 Å². The van der Waals surface area contributed by atoms with E-state index in [-0.39, 0.29) is 35.7 Å². The van der Waals surface area contributed by atoms with E-state index < -0.39 is 170 Å². The van der Waals surface area contributed by atoms with Gasteiger partial charge in [-0.1, -0.05) is 69.6 Å². The molecule has 5 heterocycles. The number of ether oxygens (including phenoxy) is 1. The van der Waals surface area contributed by atoms with Crippen molar-refractivity contribution in [3.63, 3.8) is 0 Å². The monoisotopic (exact) mass is 1370 g/mol. The van der Waals surface area contributed by atoms with Gasteiger partial charge < -0.3 is 90.8 Å². The van der Waals surface area contributed by atoms with E-state index in [2.05, 4.69) is 55.9 Å². The highest BCUT2D eigenvalue weighted by molar-refractivity contribution is 7.90. The number of benzene rings is 4. The van der Waals surface area contributed by atoms with Gasteiger partial charge in [-0.05, 0) is 91.6 Å². The molecule has 13 atom stereocenters. The summed E-state index contributed by atoms with van der Waals surface area (Å²) in [5.41, 5.74) is 3.21. The summed E-state index contributed by atoms with van der Waals surface area (Å²) in [6.45, 7) is 9.14. The van der Waals surface area contributed by atoms with Crippen LogP contribution in [0.4, 0.5) is 5.69 Å². The van der Waals surface area contributed by atoms with Crippen LogP contribution in [-0.2, 0) is 54.9 Å². The van der Waals surface area contributed by atoms with Crippen molar-refractivity contribution in [3.8, 4) is 32.6 Å². The number of aliphatic hydroxyl groups excluding tert-OH is 6. The Morgan fingerprint density at radius 3 is 2.06 bits per heavy atom. The molecule has 0 saturated carbocycles. The van der Waals surface area contributed by atoms with Crippen LogP contribution in [0.1, 0.15) is 61.0 Å². The van der Waals surface area contributed by atoms with Gasteiger partial charge in [0.05, 0.1) is 36.1 Å².